The molecule has 3 heteroatoms. The highest BCUT2D eigenvalue weighted by Crippen LogP contribution is 2.32. The van der Waals surface area contributed by atoms with E-state index in [2.05, 4.69) is 27.8 Å². The van der Waals surface area contributed by atoms with Gasteiger partial charge in [-0.25, -0.2) is 4.39 Å². The topological polar surface area (TPSA) is 3.24 Å². The lowest BCUT2D eigenvalue weighted by Gasteiger charge is -2.34. The third-order valence-electron chi connectivity index (χ3n) is 3.62. The van der Waals surface area contributed by atoms with Crippen LogP contribution in [0.5, 0.6) is 0 Å². The summed E-state index contributed by atoms with van der Waals surface area (Å²) in [5.41, 5.74) is 1.84. The van der Waals surface area contributed by atoms with Crippen molar-refractivity contribution in [3.63, 3.8) is 0 Å². The highest BCUT2D eigenvalue weighted by molar-refractivity contribution is 9.08. The maximum Gasteiger partial charge on any atom is 0.146 e. The van der Waals surface area contributed by atoms with Gasteiger partial charge in [0.25, 0.3) is 0 Å². The lowest BCUT2D eigenvalue weighted by atomic mass is 9.85. The van der Waals surface area contributed by atoms with Gasteiger partial charge in [0.1, 0.15) is 5.82 Å². The van der Waals surface area contributed by atoms with Crippen LogP contribution in [0.4, 0.5) is 10.1 Å². The van der Waals surface area contributed by atoms with Crippen LogP contribution in [0.15, 0.2) is 18.2 Å². The molecule has 1 saturated carbocycles. The molecule has 0 N–H and O–H groups in total. The number of halogens is 2. The lowest BCUT2D eigenvalue weighted by Crippen LogP contribution is -2.33. The molecule has 1 aromatic carbocycles. The number of hydrogen-bond donors (Lipinski definition) is 0. The summed E-state index contributed by atoms with van der Waals surface area (Å²) in [6, 6.07) is 5.34. The second-order valence-electron chi connectivity index (χ2n) is 4.72. The summed E-state index contributed by atoms with van der Waals surface area (Å²) < 4.78 is 14.0. The molecule has 0 heterocycles. The fourth-order valence-electron chi connectivity index (χ4n) is 2.39. The number of para-hydroxylation sites is 1. The van der Waals surface area contributed by atoms with Gasteiger partial charge in [-0.1, -0.05) is 34.5 Å². The Hall–Kier alpha value is -0.570. The van der Waals surface area contributed by atoms with Gasteiger partial charge in [-0.05, 0) is 37.3 Å². The van der Waals surface area contributed by atoms with Gasteiger partial charge in [-0.2, -0.15) is 0 Å². The SMILES string of the molecule is CCN(CC1CCC1)c1c(F)cccc1CBr. The highest BCUT2D eigenvalue weighted by atomic mass is 79.9. The first-order chi connectivity index (χ1) is 8.26. The van der Waals surface area contributed by atoms with Crippen LogP contribution in [0.3, 0.4) is 0 Å². The van der Waals surface area contributed by atoms with Gasteiger partial charge in [0.15, 0.2) is 0 Å². The van der Waals surface area contributed by atoms with Crippen LogP contribution in [0.25, 0.3) is 0 Å². The van der Waals surface area contributed by atoms with E-state index in [9.17, 15) is 4.39 Å². The van der Waals surface area contributed by atoms with Crippen LogP contribution in [-0.4, -0.2) is 13.1 Å². The first-order valence-electron chi connectivity index (χ1n) is 6.34. The first kappa shape index (κ1) is 12.9. The average Bonchev–Trinajstić information content (AvgIpc) is 2.29. The molecule has 1 fully saturated rings. The van der Waals surface area contributed by atoms with Crippen molar-refractivity contribution in [2.45, 2.75) is 31.5 Å². The van der Waals surface area contributed by atoms with E-state index in [4.69, 9.17) is 0 Å². The Bertz CT molecular complexity index is 376. The molecule has 1 aromatic rings. The lowest BCUT2D eigenvalue weighted by molar-refractivity contribution is 0.317. The van der Waals surface area contributed by atoms with Crippen molar-refractivity contribution < 1.29 is 4.39 Å². The standard InChI is InChI=1S/C14H19BrFN/c1-2-17(10-11-5-3-6-11)14-12(9-15)7-4-8-13(14)16/h4,7-8,11H,2-3,5-6,9-10H2,1H3. The van der Waals surface area contributed by atoms with Crippen molar-refractivity contribution in [1.82, 2.24) is 0 Å². The van der Waals surface area contributed by atoms with Gasteiger partial charge >= 0.3 is 0 Å². The molecule has 1 aliphatic carbocycles. The van der Waals surface area contributed by atoms with E-state index >= 15 is 0 Å². The molecule has 0 bridgehead atoms. The molecule has 0 amide bonds. The summed E-state index contributed by atoms with van der Waals surface area (Å²) in [6.07, 6.45) is 3.94. The maximum atomic E-state index is 14.0. The van der Waals surface area contributed by atoms with E-state index in [1.165, 1.54) is 19.3 Å². The maximum absolute atomic E-state index is 14.0. The van der Waals surface area contributed by atoms with Crippen molar-refractivity contribution in [3.8, 4) is 0 Å². The smallest absolute Gasteiger partial charge is 0.146 e. The molecule has 0 unspecified atom stereocenters. The van der Waals surface area contributed by atoms with Crippen molar-refractivity contribution in [2.24, 2.45) is 5.92 Å². The van der Waals surface area contributed by atoms with Gasteiger partial charge in [-0.15, -0.1) is 0 Å². The minimum atomic E-state index is -0.0943. The van der Waals surface area contributed by atoms with E-state index < -0.39 is 0 Å². The highest BCUT2D eigenvalue weighted by Gasteiger charge is 2.22. The number of nitrogens with zero attached hydrogens (tertiary/aromatic N) is 1. The summed E-state index contributed by atoms with van der Waals surface area (Å²) >= 11 is 3.44. The van der Waals surface area contributed by atoms with Crippen LogP contribution in [0, 0.1) is 11.7 Å². The third kappa shape index (κ3) is 2.82. The number of rotatable bonds is 5. The zero-order valence-corrected chi connectivity index (χ0v) is 11.8. The van der Waals surface area contributed by atoms with Crippen molar-refractivity contribution in [2.75, 3.05) is 18.0 Å². The van der Waals surface area contributed by atoms with Gasteiger partial charge in [-0.3, -0.25) is 0 Å². The van der Waals surface area contributed by atoms with Crippen LogP contribution in [0.2, 0.25) is 0 Å². The molecule has 2 rings (SSSR count). The Morgan fingerprint density at radius 3 is 2.71 bits per heavy atom. The Kier molecular flexibility index (Phi) is 4.43. The Labute approximate surface area is 111 Å². The van der Waals surface area contributed by atoms with Crippen LogP contribution in [-0.2, 0) is 5.33 Å². The van der Waals surface area contributed by atoms with E-state index in [-0.39, 0.29) is 5.82 Å². The number of benzene rings is 1. The summed E-state index contributed by atoms with van der Waals surface area (Å²) in [5.74, 6) is 0.667. The van der Waals surface area contributed by atoms with E-state index in [1.54, 1.807) is 12.1 Å². The van der Waals surface area contributed by atoms with E-state index in [0.29, 0.717) is 5.33 Å². The van der Waals surface area contributed by atoms with Crippen molar-refractivity contribution in [3.05, 3.63) is 29.6 Å². The quantitative estimate of drug-likeness (QED) is 0.731. The first-order valence-corrected chi connectivity index (χ1v) is 7.46. The normalized spacial score (nSPS) is 15.7. The number of alkyl halides is 1. The number of anilines is 1. The fraction of sp³-hybridized carbons (Fsp3) is 0.571. The molecule has 0 atom stereocenters. The van der Waals surface area contributed by atoms with Gasteiger partial charge < -0.3 is 4.90 Å². The van der Waals surface area contributed by atoms with Gasteiger partial charge in [0.2, 0.25) is 0 Å². The average molecular weight is 300 g/mol. The van der Waals surface area contributed by atoms with Crippen LogP contribution in [0.1, 0.15) is 31.7 Å². The minimum Gasteiger partial charge on any atom is -0.369 e. The third-order valence-corrected chi connectivity index (χ3v) is 4.22. The predicted molar refractivity (Wildman–Crippen MR) is 74.3 cm³/mol. The summed E-state index contributed by atoms with van der Waals surface area (Å²) in [4.78, 5) is 2.19. The molecular formula is C14H19BrFN. The summed E-state index contributed by atoms with van der Waals surface area (Å²) in [7, 11) is 0. The molecule has 94 valence electrons. The molecule has 1 nitrogen and oxygen atoms in total. The van der Waals surface area contributed by atoms with Crippen LogP contribution < -0.4 is 4.90 Å². The summed E-state index contributed by atoms with van der Waals surface area (Å²) in [6.45, 7) is 3.97. The van der Waals surface area contributed by atoms with Crippen molar-refractivity contribution in [1.29, 1.82) is 0 Å². The zero-order chi connectivity index (χ0) is 12.3. The molecular weight excluding hydrogens is 281 g/mol. The second kappa shape index (κ2) is 5.85. The fourth-order valence-corrected chi connectivity index (χ4v) is 2.84. The Morgan fingerprint density at radius 2 is 2.18 bits per heavy atom. The van der Waals surface area contributed by atoms with Gasteiger partial charge in [0.05, 0.1) is 5.69 Å². The van der Waals surface area contributed by atoms with E-state index in [1.807, 2.05) is 6.07 Å². The largest absolute Gasteiger partial charge is 0.369 e. The molecule has 0 saturated heterocycles. The van der Waals surface area contributed by atoms with E-state index in [0.717, 1.165) is 30.3 Å². The molecule has 0 aromatic heterocycles. The van der Waals surface area contributed by atoms with Gasteiger partial charge in [0, 0.05) is 18.4 Å². The Balaban J connectivity index is 2.21. The summed E-state index contributed by atoms with van der Waals surface area (Å²) in [5, 5.41) is 0.710. The number of hydrogen-bond acceptors (Lipinski definition) is 1. The second-order valence-corrected chi connectivity index (χ2v) is 5.28. The predicted octanol–water partition coefficient (Wildman–Crippen LogP) is 4.35. The zero-order valence-electron chi connectivity index (χ0n) is 10.3. The molecule has 1 aliphatic rings. The Morgan fingerprint density at radius 1 is 1.41 bits per heavy atom. The minimum absolute atomic E-state index is 0.0943. The van der Waals surface area contributed by atoms with Crippen molar-refractivity contribution >= 4 is 21.6 Å². The molecule has 0 spiro atoms. The molecule has 0 radical (unpaired) electrons. The molecule has 0 aliphatic heterocycles. The molecule has 17 heavy (non-hydrogen) atoms. The van der Waals surface area contributed by atoms with Crippen LogP contribution >= 0.6 is 15.9 Å². The monoisotopic (exact) mass is 299 g/mol.